The van der Waals surface area contributed by atoms with Gasteiger partial charge in [-0.2, -0.15) is 0 Å². The van der Waals surface area contributed by atoms with Crippen molar-refractivity contribution in [2.75, 3.05) is 39.6 Å². The predicted molar refractivity (Wildman–Crippen MR) is 420 cm³/mol. The topological polar surface area (TPSA) is 610 Å². The average Bonchev–Trinajstić information content (AvgIpc) is 0.753. The Labute approximate surface area is 758 Å². The average molecular weight is 1910 g/mol. The minimum absolute atomic E-state index is 0.274. The van der Waals surface area contributed by atoms with Crippen LogP contribution in [0.3, 0.4) is 0 Å². The van der Waals surface area contributed by atoms with Crippen molar-refractivity contribution in [1.82, 2.24) is 0 Å². The highest BCUT2D eigenvalue weighted by molar-refractivity contribution is 5.73. The van der Waals surface area contributed by atoms with Crippen LogP contribution in [-0.2, 0) is 245 Å². The zero-order valence-corrected chi connectivity index (χ0v) is 75.8. The molecule has 30 atom stereocenters. The molecule has 50 nitrogen and oxygen atoms in total. The fourth-order valence-electron chi connectivity index (χ4n) is 14.7. The molecule has 0 spiro atoms. The molecule has 6 heterocycles. The molecule has 133 heavy (non-hydrogen) atoms. The Balaban J connectivity index is 1.37. The van der Waals surface area contributed by atoms with Crippen molar-refractivity contribution in [3.05, 3.63) is 42.0 Å². The lowest BCUT2D eigenvalue weighted by atomic mass is 9.94. The fourth-order valence-corrected chi connectivity index (χ4v) is 14.7. The van der Waals surface area contributed by atoms with Crippen LogP contribution in [0.5, 0.6) is 0 Å². The number of hydrogen-bond acceptors (Lipinski definition) is 50. The molecule has 6 aliphatic rings. The van der Waals surface area contributed by atoms with Crippen LogP contribution >= 0.6 is 0 Å². The maximum Gasteiger partial charge on any atom is 0.303 e. The lowest BCUT2D eigenvalue weighted by molar-refractivity contribution is -0.396. The van der Waals surface area contributed by atoms with Crippen LogP contribution in [0, 0.1) is 0 Å². The van der Waals surface area contributed by atoms with Crippen molar-refractivity contribution < 1.29 is 238 Å². The zero-order chi connectivity index (χ0) is 98.9. The molecule has 1 aromatic rings. The summed E-state index contributed by atoms with van der Waals surface area (Å²) in [5.74, 6) is -21.4. The van der Waals surface area contributed by atoms with Gasteiger partial charge in [-0.3, -0.25) is 91.1 Å². The molecule has 0 N–H and O–H groups in total. The van der Waals surface area contributed by atoms with E-state index in [1.54, 1.807) is 30.3 Å². The molecular formula is C83H108O50. The summed E-state index contributed by atoms with van der Waals surface area (Å²) in [6.07, 6.45) is -61.7. The van der Waals surface area contributed by atoms with E-state index in [1.165, 1.54) is 0 Å². The molecule has 50 heteroatoms. The molecule has 740 valence electrons. The first-order valence-corrected chi connectivity index (χ1v) is 41.1. The smallest absolute Gasteiger partial charge is 0.303 e. The second-order valence-electron chi connectivity index (χ2n) is 30.3. The normalized spacial score (nSPS) is 31.6. The Kier molecular flexibility index (Phi) is 41.2. The summed E-state index contributed by atoms with van der Waals surface area (Å²) in [6.45, 7) is 14.7. The number of rotatable bonds is 39. The molecule has 0 unspecified atom stereocenters. The van der Waals surface area contributed by atoms with Gasteiger partial charge < -0.3 is 147 Å². The Morgan fingerprint density at radius 1 is 0.218 bits per heavy atom. The van der Waals surface area contributed by atoms with E-state index in [0.29, 0.717) is 5.56 Å². The molecule has 0 aromatic heterocycles. The van der Waals surface area contributed by atoms with Crippen LogP contribution in [0.4, 0.5) is 0 Å². The van der Waals surface area contributed by atoms with Crippen LogP contribution < -0.4 is 0 Å². The van der Waals surface area contributed by atoms with Crippen molar-refractivity contribution in [1.29, 1.82) is 0 Å². The van der Waals surface area contributed by atoms with E-state index < -0.39 is 337 Å². The Hall–Kier alpha value is -11.6. The molecule has 0 radical (unpaired) electrons. The predicted octanol–water partition coefficient (Wildman–Crippen LogP) is -0.388. The van der Waals surface area contributed by atoms with Crippen LogP contribution in [0.15, 0.2) is 30.8 Å². The first-order chi connectivity index (χ1) is 62.5. The van der Waals surface area contributed by atoms with E-state index in [1.807, 2.05) is 0 Å². The zero-order valence-electron chi connectivity index (χ0n) is 75.8. The van der Waals surface area contributed by atoms with Crippen molar-refractivity contribution >= 4 is 119 Å². The molecular weight excluding hydrogens is 1800 g/mol. The maximum atomic E-state index is 13.9. The minimum Gasteiger partial charge on any atom is -0.463 e. The third-order valence-corrected chi connectivity index (χ3v) is 19.3. The van der Waals surface area contributed by atoms with Crippen LogP contribution in [0.1, 0.15) is 143 Å². The van der Waals surface area contributed by atoms with E-state index in [9.17, 15) is 91.1 Å². The highest BCUT2D eigenvalue weighted by Crippen LogP contribution is 2.43. The number of ether oxygens (including phenoxy) is 31. The summed E-state index contributed by atoms with van der Waals surface area (Å²) in [5.41, 5.74) is 1.26. The lowest BCUT2D eigenvalue weighted by Gasteiger charge is -2.52. The van der Waals surface area contributed by atoms with Crippen molar-refractivity contribution in [2.24, 2.45) is 0 Å². The Morgan fingerprint density at radius 2 is 0.376 bits per heavy atom. The van der Waals surface area contributed by atoms with Gasteiger partial charge in [0.1, 0.15) is 107 Å². The number of esters is 19. The third kappa shape index (κ3) is 32.6. The highest BCUT2D eigenvalue weighted by Gasteiger charge is 2.65. The molecule has 6 aliphatic heterocycles. The SMILES string of the molecule is C=Cc1ccc(CO[C@@H]2O[C@H](COC(C)=O)[C@@H](O[C@H]3O[C@H](COC(C)=O)[C@@H](O[C@H]4O[C@H](COC(C)=O)[C@@H](O[C@H]5O[C@H](COC(C)=O)[C@@H](O[C@H]6O[C@H](COC(C)=O)[C@@H](O[C@H]7O[C@H](COC(C)=O)[C@@H](OC(C)=O)[C@H](OC(C)=O)[C@H]7OC(C)=O)[C@H](OC(C)=O)[C@H]6OC(C)=O)[C@H](OC(C)=O)[C@H]5OC(C)=O)[C@H](OC(C)=O)[C@H]4OC(C)=O)[C@H](OC(C)=O)[C@H]3OC(C)=O)[C@H](OC(C)=O)[C@H]2OC(C)=O)cc1. The fraction of sp³-hybridized carbons (Fsp3) is 0.675. The van der Waals surface area contributed by atoms with Crippen molar-refractivity contribution in [3.63, 3.8) is 0 Å². The van der Waals surface area contributed by atoms with Gasteiger partial charge in [0.25, 0.3) is 0 Å². The van der Waals surface area contributed by atoms with Gasteiger partial charge in [-0.05, 0) is 11.1 Å². The molecule has 0 bridgehead atoms. The van der Waals surface area contributed by atoms with Gasteiger partial charge in [0, 0.05) is 132 Å². The molecule has 6 fully saturated rings. The van der Waals surface area contributed by atoms with Gasteiger partial charge in [-0.25, -0.2) is 0 Å². The molecule has 0 amide bonds. The second-order valence-corrected chi connectivity index (χ2v) is 30.3. The molecule has 1 aromatic carbocycles. The van der Waals surface area contributed by atoms with Crippen molar-refractivity contribution in [2.45, 2.75) is 322 Å². The van der Waals surface area contributed by atoms with Crippen LogP contribution in [-0.4, -0.2) is 337 Å². The summed E-state index contributed by atoms with van der Waals surface area (Å²) in [4.78, 5) is 252. The van der Waals surface area contributed by atoms with Crippen molar-refractivity contribution in [3.8, 4) is 0 Å². The van der Waals surface area contributed by atoms with E-state index in [4.69, 9.17) is 147 Å². The summed E-state index contributed by atoms with van der Waals surface area (Å²) >= 11 is 0. The minimum atomic E-state index is -2.43. The lowest BCUT2D eigenvalue weighted by Crippen LogP contribution is -2.70. The van der Waals surface area contributed by atoms with Gasteiger partial charge in [0.15, 0.2) is 117 Å². The van der Waals surface area contributed by atoms with Gasteiger partial charge in [0.05, 0.1) is 6.61 Å². The molecule has 0 saturated carbocycles. The standard InChI is InChI=1S/C83H108O50/c1-21-52-22-24-53(25-23-52)26-109-78-72(117-46(15)97)67(112-41(10)92)61(55(123-78)28-104-34(3)85)129-80-74(119-48(17)99)69(114-43(12)94)63(57(125-80)30-106-36(5)87)131-82-76(121-50(19)101)71(116-45(14)96)65(59(127-82)32-108-38(7)89)133-83-77(122-51(20)102)70(115-44(13)95)64(58(128-83)31-107-37(6)88)132-81-75(120-49(18)100)68(113-42(11)93)62(56(126-81)29-105-35(4)86)130-79-73(118-47(16)98)66(111-40(9)91)60(110-39(8)90)54(124-79)27-103-33(2)84/h21-25,54-83H,1,26-32H2,2-20H3/t54-,55-,56-,57-,58-,59-,60-,61-,62-,63-,64-,65-,66+,67+,68+,69+,70+,71+,72-,73-,74-,75-,76-,77-,78-,79-,80-,81-,82-,83-/m1/s1. The number of benzene rings is 1. The summed E-state index contributed by atoms with van der Waals surface area (Å²) in [5, 5.41) is 0. The van der Waals surface area contributed by atoms with E-state index >= 15 is 0 Å². The largest absolute Gasteiger partial charge is 0.463 e. The van der Waals surface area contributed by atoms with Gasteiger partial charge in [0.2, 0.25) is 0 Å². The summed E-state index contributed by atoms with van der Waals surface area (Å²) in [6, 6.07) is 6.74. The Bertz CT molecular complexity index is 4300. The maximum absolute atomic E-state index is 13.9. The van der Waals surface area contributed by atoms with Crippen LogP contribution in [0.25, 0.3) is 6.08 Å². The molecule has 6 saturated heterocycles. The summed E-state index contributed by atoms with van der Waals surface area (Å²) in [7, 11) is 0. The first-order valence-electron chi connectivity index (χ1n) is 41.1. The summed E-state index contributed by atoms with van der Waals surface area (Å²) < 4.78 is 186. The molecule has 0 aliphatic carbocycles. The third-order valence-electron chi connectivity index (χ3n) is 19.3. The second kappa shape index (κ2) is 50.5. The van der Waals surface area contributed by atoms with Crippen LogP contribution in [0.2, 0.25) is 0 Å². The van der Waals surface area contributed by atoms with E-state index in [0.717, 1.165) is 137 Å². The Morgan fingerprint density at radius 3 is 0.556 bits per heavy atom. The van der Waals surface area contributed by atoms with Gasteiger partial charge in [-0.1, -0.05) is 36.9 Å². The quantitative estimate of drug-likeness (QED) is 0.0598. The van der Waals surface area contributed by atoms with E-state index in [-0.39, 0.29) is 6.61 Å². The number of carbonyl (C=O) groups is 19. The number of hydrogen-bond donors (Lipinski definition) is 0. The monoisotopic (exact) mass is 1900 g/mol. The number of carbonyl (C=O) groups excluding carboxylic acids is 19. The van der Waals surface area contributed by atoms with Gasteiger partial charge >= 0.3 is 113 Å². The highest BCUT2D eigenvalue weighted by atomic mass is 16.8. The van der Waals surface area contributed by atoms with E-state index in [2.05, 4.69) is 6.58 Å². The van der Waals surface area contributed by atoms with Gasteiger partial charge in [-0.15, -0.1) is 0 Å². The first kappa shape index (κ1) is 108. The molecule has 7 rings (SSSR count).